The number of fused-ring (bicyclic) bond motifs is 2. The van der Waals surface area contributed by atoms with E-state index in [0.29, 0.717) is 26.2 Å². The minimum Gasteiger partial charge on any atom is -0.370 e. The van der Waals surface area contributed by atoms with Gasteiger partial charge in [-0.25, -0.2) is 0 Å². The van der Waals surface area contributed by atoms with Crippen molar-refractivity contribution in [3.05, 3.63) is 286 Å². The van der Waals surface area contributed by atoms with Crippen molar-refractivity contribution in [2.45, 2.75) is 37.0 Å². The maximum absolute atomic E-state index is 8.33. The van der Waals surface area contributed by atoms with E-state index in [9.17, 15) is 0 Å². The molecule has 0 saturated carbocycles. The minimum absolute atomic E-state index is 0. The lowest BCUT2D eigenvalue weighted by molar-refractivity contribution is 0.490. The lowest BCUT2D eigenvalue weighted by atomic mass is 9.68. The number of halogens is 4. The van der Waals surface area contributed by atoms with Crippen LogP contribution in [0, 0.1) is 45.3 Å². The van der Waals surface area contributed by atoms with Crippen LogP contribution in [0.25, 0.3) is 43.8 Å². The fourth-order valence-corrected chi connectivity index (χ4v) is 11.5. The van der Waals surface area contributed by atoms with E-state index >= 15 is 0 Å². The fourth-order valence-electron chi connectivity index (χ4n) is 11.5. The second kappa shape index (κ2) is 30.3. The molecule has 0 aliphatic carbocycles. The number of guanidine groups is 4. The van der Waals surface area contributed by atoms with E-state index in [0.717, 1.165) is 99.4 Å². The summed E-state index contributed by atoms with van der Waals surface area (Å²) in [4.78, 5) is 6.80. The molecule has 90 heavy (non-hydrogen) atoms. The average Bonchev–Trinajstić information content (AvgIpc) is 0.781. The van der Waals surface area contributed by atoms with Crippen molar-refractivity contribution in [3.8, 4) is 45.9 Å². The van der Waals surface area contributed by atoms with Crippen LogP contribution in [0.4, 0.5) is 0 Å². The molecule has 0 aliphatic heterocycles. The number of nitrogens with zero attached hydrogens (tertiary/aromatic N) is 4. The Morgan fingerprint density at radius 3 is 0.856 bits per heavy atom. The molecule has 0 atom stereocenters. The Bertz CT molecular complexity index is 3950. The Morgan fingerprint density at radius 1 is 0.322 bits per heavy atom. The maximum atomic E-state index is 8.33. The molecular weight excluding hydrogens is 1200 g/mol. The molecule has 0 amide bonds. The summed E-state index contributed by atoms with van der Waals surface area (Å²) in [6.07, 6.45) is 0. The van der Waals surface area contributed by atoms with Gasteiger partial charge in [0.1, 0.15) is 10.8 Å². The van der Waals surface area contributed by atoms with Crippen LogP contribution in [0.5, 0.6) is 0 Å². The standard InChI is InChI=1S/C74H70N12.4ClH/c1-83(69(75)76)47-51-19-11-29-59(41-51)73(60-30-12-20-52(42-60)48-84(2)70(77)78,63-33-15-27-57(45-63)67-37-17-25-55-23-5-7-35-65(55)67)39-9-10-40-74(61-31-13-21-53(43-61)49-85(3)71(79)80,62-32-14-22-54(44-62)50-86(4)72(81)82)64-34-16-28-58(46-64)68-38-18-26-56-24-6-8-36-66(56)68;;;;/h5-8,11-38,41-46H,47-50H2,1-4H3,(H3,75,76)(H3,77,78)(H3,79,80)(H3,81,82);4*1H. The van der Waals surface area contributed by atoms with Crippen LogP contribution in [-0.4, -0.2) is 71.6 Å². The summed E-state index contributed by atoms with van der Waals surface area (Å²) in [5.74, 6) is 14.8. The number of rotatable bonds is 16. The monoisotopic (exact) mass is 1270 g/mol. The molecule has 10 aromatic carbocycles. The Balaban J connectivity index is 0.00000322. The smallest absolute Gasteiger partial charge is 0.188 e. The van der Waals surface area contributed by atoms with E-state index in [4.69, 9.17) is 44.6 Å². The van der Waals surface area contributed by atoms with Gasteiger partial charge in [-0.05, 0) is 123 Å². The summed E-state index contributed by atoms with van der Waals surface area (Å²) < 4.78 is 0. The Kier molecular flexibility index (Phi) is 23.3. The molecule has 0 fully saturated rings. The summed E-state index contributed by atoms with van der Waals surface area (Å²) in [6, 6.07) is 80.1. The van der Waals surface area contributed by atoms with E-state index in [1.807, 2.05) is 48.5 Å². The third-order valence-electron chi connectivity index (χ3n) is 16.1. The molecule has 0 aromatic heterocycles. The summed E-state index contributed by atoms with van der Waals surface area (Å²) in [6.45, 7) is 1.48. The fraction of sp³-hybridized carbons (Fsp3) is 0.135. The van der Waals surface area contributed by atoms with Gasteiger partial charge in [-0.3, -0.25) is 21.6 Å². The molecular formula is C74H74Cl4N12. The topological polar surface area (TPSA) is 212 Å². The van der Waals surface area contributed by atoms with E-state index < -0.39 is 10.8 Å². The average molecular weight is 1270 g/mol. The van der Waals surface area contributed by atoms with Crippen molar-refractivity contribution in [3.63, 3.8) is 0 Å². The maximum Gasteiger partial charge on any atom is 0.188 e. The molecule has 10 aromatic rings. The minimum atomic E-state index is -1.21. The van der Waals surface area contributed by atoms with Crippen molar-refractivity contribution in [1.29, 1.82) is 21.6 Å². The molecule has 12 N–H and O–H groups in total. The first kappa shape index (κ1) is 69.2. The van der Waals surface area contributed by atoms with Crippen LogP contribution in [0.2, 0.25) is 0 Å². The second-order valence-corrected chi connectivity index (χ2v) is 22.0. The molecule has 0 radical (unpaired) electrons. The molecule has 458 valence electrons. The van der Waals surface area contributed by atoms with Crippen LogP contribution in [-0.2, 0) is 37.0 Å². The summed E-state index contributed by atoms with van der Waals surface area (Å²) in [5, 5.41) is 37.8. The largest absolute Gasteiger partial charge is 0.370 e. The highest BCUT2D eigenvalue weighted by molar-refractivity contribution is 5.98. The highest BCUT2D eigenvalue weighted by Crippen LogP contribution is 2.44. The van der Waals surface area contributed by atoms with Crippen LogP contribution < -0.4 is 22.9 Å². The highest BCUT2D eigenvalue weighted by Gasteiger charge is 2.38. The lowest BCUT2D eigenvalue weighted by Crippen LogP contribution is -2.33. The van der Waals surface area contributed by atoms with E-state index in [1.54, 1.807) is 47.8 Å². The van der Waals surface area contributed by atoms with Crippen LogP contribution >= 0.6 is 49.6 Å². The second-order valence-electron chi connectivity index (χ2n) is 22.0. The van der Waals surface area contributed by atoms with Crippen LogP contribution in [0.15, 0.2) is 231 Å². The van der Waals surface area contributed by atoms with Crippen molar-refractivity contribution < 1.29 is 0 Å². The molecule has 0 saturated heterocycles. The SMILES string of the molecule is CN(Cc1cccc(C(C#CC#CC(c2cccc(CN(C)C(=N)N)c2)(c2cccc(CN(C)C(=N)N)c2)c2cccc(-c3cccc4ccccc34)c2)(c2cccc(CN(C)C(=N)N)c2)c2cccc(-c3cccc4ccccc34)c2)c1)C(=N)N.Cl.Cl.Cl.Cl. The molecule has 0 heterocycles. The van der Waals surface area contributed by atoms with Gasteiger partial charge in [-0.15, -0.1) is 49.6 Å². The van der Waals surface area contributed by atoms with Gasteiger partial charge in [0, 0.05) is 54.4 Å². The summed E-state index contributed by atoms with van der Waals surface area (Å²) >= 11 is 0. The van der Waals surface area contributed by atoms with Crippen molar-refractivity contribution in [2.75, 3.05) is 28.2 Å². The van der Waals surface area contributed by atoms with Gasteiger partial charge in [-0.1, -0.05) is 230 Å². The molecule has 0 bridgehead atoms. The van der Waals surface area contributed by atoms with Gasteiger partial charge in [0.2, 0.25) is 0 Å². The molecule has 10 rings (SSSR count). The van der Waals surface area contributed by atoms with Gasteiger partial charge in [0.25, 0.3) is 0 Å². The zero-order valence-corrected chi connectivity index (χ0v) is 53.8. The van der Waals surface area contributed by atoms with E-state index in [1.165, 1.54) is 0 Å². The lowest BCUT2D eigenvalue weighted by Gasteiger charge is -2.33. The number of hydrogen-bond acceptors (Lipinski definition) is 4. The number of nitrogens with two attached hydrogens (primary N) is 4. The summed E-state index contributed by atoms with van der Waals surface area (Å²) in [7, 11) is 7.22. The van der Waals surface area contributed by atoms with E-state index in [-0.39, 0.29) is 73.5 Å². The van der Waals surface area contributed by atoms with Crippen molar-refractivity contribution in [1.82, 2.24) is 19.6 Å². The third kappa shape index (κ3) is 14.8. The first-order valence-corrected chi connectivity index (χ1v) is 28.3. The highest BCUT2D eigenvalue weighted by atomic mass is 35.5. The zero-order valence-electron chi connectivity index (χ0n) is 50.5. The predicted octanol–water partition coefficient (Wildman–Crippen LogP) is 13.7. The number of benzene rings is 10. The normalized spacial score (nSPS) is 11.7. The molecule has 0 unspecified atom stereocenters. The quantitative estimate of drug-likeness (QED) is 0.0201. The van der Waals surface area contributed by atoms with Gasteiger partial charge in [0.05, 0.1) is 0 Å². The Morgan fingerprint density at radius 2 is 0.567 bits per heavy atom. The van der Waals surface area contributed by atoms with Crippen molar-refractivity contribution in [2.24, 2.45) is 22.9 Å². The van der Waals surface area contributed by atoms with Gasteiger partial charge in [0.15, 0.2) is 23.8 Å². The Labute approximate surface area is 553 Å². The number of nitrogens with one attached hydrogen (secondary N) is 4. The van der Waals surface area contributed by atoms with E-state index in [2.05, 4.69) is 206 Å². The van der Waals surface area contributed by atoms with Gasteiger partial charge >= 0.3 is 0 Å². The molecule has 16 heteroatoms. The molecule has 0 spiro atoms. The van der Waals surface area contributed by atoms with Crippen LogP contribution in [0.1, 0.15) is 55.6 Å². The van der Waals surface area contributed by atoms with Crippen LogP contribution in [0.3, 0.4) is 0 Å². The van der Waals surface area contributed by atoms with Crippen molar-refractivity contribution >= 4 is 95.0 Å². The first-order chi connectivity index (χ1) is 41.5. The summed E-state index contributed by atoms with van der Waals surface area (Å²) in [5.41, 5.74) is 35.0. The molecule has 12 nitrogen and oxygen atoms in total. The molecule has 0 aliphatic rings. The zero-order chi connectivity index (χ0) is 60.5. The third-order valence-corrected chi connectivity index (χ3v) is 16.1. The first-order valence-electron chi connectivity index (χ1n) is 28.3. The Hall–Kier alpha value is -9.92. The predicted molar refractivity (Wildman–Crippen MR) is 382 cm³/mol. The van der Waals surface area contributed by atoms with Gasteiger partial charge in [-0.2, -0.15) is 0 Å². The van der Waals surface area contributed by atoms with Gasteiger partial charge < -0.3 is 42.5 Å². The number of hydrogen-bond donors (Lipinski definition) is 8.